The number of rotatable bonds is 5. The highest BCUT2D eigenvalue weighted by molar-refractivity contribution is 5.79. The van der Waals surface area contributed by atoms with Gasteiger partial charge in [0.1, 0.15) is 5.60 Å². The number of likely N-dealkylation sites (tertiary alicyclic amines) is 1. The second kappa shape index (κ2) is 9.25. The topological polar surface area (TPSA) is 58.6 Å². The average Bonchev–Trinajstić information content (AvgIpc) is 2.58. The monoisotopic (exact) mass is 374 g/mol. The van der Waals surface area contributed by atoms with Crippen LogP contribution in [0.15, 0.2) is 18.2 Å². The highest BCUT2D eigenvalue weighted by Gasteiger charge is 2.29. The zero-order valence-corrected chi connectivity index (χ0v) is 17.4. The van der Waals surface area contributed by atoms with Gasteiger partial charge in [0.25, 0.3) is 0 Å². The van der Waals surface area contributed by atoms with Crippen LogP contribution in [0.25, 0.3) is 0 Å². The van der Waals surface area contributed by atoms with Crippen molar-refractivity contribution in [3.63, 3.8) is 0 Å². The number of aryl methyl sites for hydroxylation is 3. The number of nitrogens with one attached hydrogen (secondary N) is 1. The number of piperidine rings is 1. The van der Waals surface area contributed by atoms with E-state index in [0.29, 0.717) is 32.5 Å². The molecule has 0 aliphatic carbocycles. The first-order valence-corrected chi connectivity index (χ1v) is 9.97. The molecule has 1 aliphatic rings. The van der Waals surface area contributed by atoms with E-state index < -0.39 is 5.60 Å². The minimum absolute atomic E-state index is 0.00945. The lowest BCUT2D eigenvalue weighted by atomic mass is 9.96. The average molecular weight is 375 g/mol. The van der Waals surface area contributed by atoms with E-state index in [4.69, 9.17) is 4.74 Å². The van der Waals surface area contributed by atoms with Crippen LogP contribution in [0.5, 0.6) is 0 Å². The largest absolute Gasteiger partial charge is 0.444 e. The Morgan fingerprint density at radius 1 is 1.19 bits per heavy atom. The van der Waals surface area contributed by atoms with E-state index in [9.17, 15) is 9.59 Å². The van der Waals surface area contributed by atoms with Gasteiger partial charge in [0.05, 0.1) is 0 Å². The molecule has 1 aromatic carbocycles. The summed E-state index contributed by atoms with van der Waals surface area (Å²) < 4.78 is 5.40. The van der Waals surface area contributed by atoms with Gasteiger partial charge in [-0.25, -0.2) is 4.79 Å². The predicted octanol–water partition coefficient (Wildman–Crippen LogP) is 4.00. The molecule has 150 valence electrons. The van der Waals surface area contributed by atoms with E-state index in [1.807, 2.05) is 20.8 Å². The zero-order chi connectivity index (χ0) is 20.0. The van der Waals surface area contributed by atoms with Crippen LogP contribution in [-0.4, -0.2) is 42.1 Å². The van der Waals surface area contributed by atoms with Gasteiger partial charge in [-0.3, -0.25) is 4.79 Å². The van der Waals surface area contributed by atoms with Crippen LogP contribution in [0.2, 0.25) is 0 Å². The maximum absolute atomic E-state index is 12.4. The maximum Gasteiger partial charge on any atom is 0.410 e. The lowest BCUT2D eigenvalue weighted by Gasteiger charge is -2.32. The molecule has 27 heavy (non-hydrogen) atoms. The van der Waals surface area contributed by atoms with Crippen molar-refractivity contribution in [1.82, 2.24) is 10.2 Å². The Hall–Kier alpha value is -2.04. The van der Waals surface area contributed by atoms with Gasteiger partial charge in [0, 0.05) is 25.6 Å². The van der Waals surface area contributed by atoms with Crippen molar-refractivity contribution < 1.29 is 14.3 Å². The highest BCUT2D eigenvalue weighted by atomic mass is 16.6. The third kappa shape index (κ3) is 6.89. The summed E-state index contributed by atoms with van der Waals surface area (Å²) in [5, 5.41) is 3.06. The molecule has 0 aromatic heterocycles. The van der Waals surface area contributed by atoms with Gasteiger partial charge < -0.3 is 15.0 Å². The number of carbonyl (C=O) groups excluding carboxylic acids is 2. The minimum Gasteiger partial charge on any atom is -0.444 e. The fourth-order valence-corrected chi connectivity index (χ4v) is 3.41. The lowest BCUT2D eigenvalue weighted by molar-refractivity contribution is -0.126. The molecular weight excluding hydrogens is 340 g/mol. The maximum atomic E-state index is 12.4. The predicted molar refractivity (Wildman–Crippen MR) is 108 cm³/mol. The van der Waals surface area contributed by atoms with Gasteiger partial charge in [0.2, 0.25) is 5.91 Å². The Labute approximate surface area is 163 Å². The molecule has 0 unspecified atom stereocenters. The van der Waals surface area contributed by atoms with Crippen LogP contribution in [0.4, 0.5) is 4.79 Å². The van der Waals surface area contributed by atoms with Gasteiger partial charge in [0.15, 0.2) is 0 Å². The quantitative estimate of drug-likeness (QED) is 0.793. The van der Waals surface area contributed by atoms with Crippen molar-refractivity contribution in [2.24, 2.45) is 5.92 Å². The van der Waals surface area contributed by atoms with E-state index in [-0.39, 0.29) is 17.9 Å². The third-order valence-corrected chi connectivity index (χ3v) is 4.94. The Morgan fingerprint density at radius 3 is 2.44 bits per heavy atom. The van der Waals surface area contributed by atoms with Crippen molar-refractivity contribution in [3.8, 4) is 0 Å². The molecule has 2 amide bonds. The molecule has 0 bridgehead atoms. The number of ether oxygens (including phenoxy) is 1. The van der Waals surface area contributed by atoms with E-state index in [1.54, 1.807) is 4.90 Å². The number of hydrogen-bond acceptors (Lipinski definition) is 3. The molecule has 1 heterocycles. The summed E-state index contributed by atoms with van der Waals surface area (Å²) in [7, 11) is 0. The summed E-state index contributed by atoms with van der Waals surface area (Å²) in [6, 6.07) is 6.52. The van der Waals surface area contributed by atoms with Crippen LogP contribution < -0.4 is 5.32 Å². The molecule has 0 radical (unpaired) electrons. The third-order valence-electron chi connectivity index (χ3n) is 4.94. The molecule has 5 nitrogen and oxygen atoms in total. The summed E-state index contributed by atoms with van der Waals surface area (Å²) in [6.07, 6.45) is 3.02. The van der Waals surface area contributed by atoms with Crippen molar-refractivity contribution in [1.29, 1.82) is 0 Å². The van der Waals surface area contributed by atoms with Crippen molar-refractivity contribution in [3.05, 3.63) is 34.9 Å². The molecule has 1 fully saturated rings. The normalized spacial score (nSPS) is 15.5. The molecule has 2 rings (SSSR count). The molecule has 1 aromatic rings. The molecule has 0 saturated carbocycles. The lowest BCUT2D eigenvalue weighted by Crippen LogP contribution is -2.45. The van der Waals surface area contributed by atoms with Gasteiger partial charge >= 0.3 is 6.09 Å². The van der Waals surface area contributed by atoms with E-state index in [2.05, 4.69) is 37.4 Å². The molecule has 1 N–H and O–H groups in total. The molecule has 1 aliphatic heterocycles. The number of hydrogen-bond donors (Lipinski definition) is 1. The van der Waals surface area contributed by atoms with Gasteiger partial charge in [-0.2, -0.15) is 0 Å². The molecule has 0 atom stereocenters. The van der Waals surface area contributed by atoms with Gasteiger partial charge in [-0.05, 0) is 71.4 Å². The zero-order valence-electron chi connectivity index (χ0n) is 17.4. The van der Waals surface area contributed by atoms with Gasteiger partial charge in [-0.15, -0.1) is 0 Å². The summed E-state index contributed by atoms with van der Waals surface area (Å²) in [4.78, 5) is 26.2. The highest BCUT2D eigenvalue weighted by Crippen LogP contribution is 2.20. The summed E-state index contributed by atoms with van der Waals surface area (Å²) in [6.45, 7) is 11.7. The number of carbonyl (C=O) groups is 2. The fourth-order valence-electron chi connectivity index (χ4n) is 3.41. The van der Waals surface area contributed by atoms with Crippen LogP contribution >= 0.6 is 0 Å². The minimum atomic E-state index is -0.485. The standard InChI is InChI=1S/C22H34N2O3/c1-16-8-9-18(17(2)15-16)7-6-12-23-20(25)19-10-13-24(14-11-19)21(26)27-22(3,4)5/h8-9,15,19H,6-7,10-14H2,1-5H3,(H,23,25). The SMILES string of the molecule is Cc1ccc(CCCNC(=O)C2CCN(C(=O)OC(C)(C)C)CC2)c(C)c1. The first-order chi connectivity index (χ1) is 12.7. The van der Waals surface area contributed by atoms with E-state index >= 15 is 0 Å². The summed E-state index contributed by atoms with van der Waals surface area (Å²) in [5.74, 6) is 0.101. The van der Waals surface area contributed by atoms with Crippen molar-refractivity contribution in [2.45, 2.75) is 65.9 Å². The molecular formula is C22H34N2O3. The van der Waals surface area contributed by atoms with Crippen LogP contribution in [0, 0.1) is 19.8 Å². The first kappa shape index (κ1) is 21.3. The van der Waals surface area contributed by atoms with Crippen molar-refractivity contribution >= 4 is 12.0 Å². The first-order valence-electron chi connectivity index (χ1n) is 9.97. The Bertz CT molecular complexity index is 656. The molecule has 5 heteroatoms. The van der Waals surface area contributed by atoms with Crippen molar-refractivity contribution in [2.75, 3.05) is 19.6 Å². The Kier molecular flexibility index (Phi) is 7.28. The smallest absolute Gasteiger partial charge is 0.410 e. The number of nitrogens with zero attached hydrogens (tertiary/aromatic N) is 1. The van der Waals surface area contributed by atoms with E-state index in [1.165, 1.54) is 16.7 Å². The molecule has 1 saturated heterocycles. The number of benzene rings is 1. The fraction of sp³-hybridized carbons (Fsp3) is 0.636. The van der Waals surface area contributed by atoms with Crippen LogP contribution in [0.3, 0.4) is 0 Å². The van der Waals surface area contributed by atoms with E-state index in [0.717, 1.165) is 12.8 Å². The van der Waals surface area contributed by atoms with Crippen LogP contribution in [0.1, 0.15) is 56.7 Å². The summed E-state index contributed by atoms with van der Waals surface area (Å²) >= 11 is 0. The second-order valence-electron chi connectivity index (χ2n) is 8.57. The summed E-state index contributed by atoms with van der Waals surface area (Å²) in [5.41, 5.74) is 3.46. The second-order valence-corrected chi connectivity index (χ2v) is 8.57. The molecule has 0 spiro atoms. The van der Waals surface area contributed by atoms with Crippen LogP contribution in [-0.2, 0) is 16.0 Å². The Morgan fingerprint density at radius 2 is 1.85 bits per heavy atom. The number of amides is 2. The Balaban J connectivity index is 1.68. The van der Waals surface area contributed by atoms with Gasteiger partial charge in [-0.1, -0.05) is 23.8 Å².